The first kappa shape index (κ1) is 11.5. The van der Waals surface area contributed by atoms with Crippen LogP contribution in [0.1, 0.15) is 0 Å². The summed E-state index contributed by atoms with van der Waals surface area (Å²) in [4.78, 5) is 4.15. The van der Waals surface area contributed by atoms with Gasteiger partial charge in [-0.3, -0.25) is 0 Å². The van der Waals surface area contributed by atoms with E-state index in [2.05, 4.69) is 10.3 Å². The van der Waals surface area contributed by atoms with E-state index in [0.29, 0.717) is 22.3 Å². The topological polar surface area (TPSA) is 60.2 Å². The molecule has 1 aromatic heterocycles. The molecule has 88 valence electrons. The fraction of sp³-hybridized carbons (Fsp3) is 0.0833. The summed E-state index contributed by atoms with van der Waals surface area (Å²) in [6, 6.07) is 8.78. The molecule has 0 aliphatic carbocycles. The van der Waals surface area contributed by atoms with Gasteiger partial charge in [0.15, 0.2) is 0 Å². The number of hydrogen-bond donors (Lipinski definition) is 2. The zero-order chi connectivity index (χ0) is 12.3. The molecule has 0 aliphatic heterocycles. The Labute approximate surface area is 104 Å². The van der Waals surface area contributed by atoms with Gasteiger partial charge in [0.1, 0.15) is 11.6 Å². The van der Waals surface area contributed by atoms with Gasteiger partial charge in [0.05, 0.1) is 12.8 Å². The van der Waals surface area contributed by atoms with Gasteiger partial charge in [0, 0.05) is 23.0 Å². The molecule has 0 bridgehead atoms. The molecule has 0 aliphatic rings. The van der Waals surface area contributed by atoms with Crippen LogP contribution in [0.25, 0.3) is 0 Å². The minimum absolute atomic E-state index is 0.622. The Balaban J connectivity index is 2.32. The normalized spacial score (nSPS) is 10.0. The maximum Gasteiger partial charge on any atom is 0.142 e. The van der Waals surface area contributed by atoms with Gasteiger partial charge in [0.25, 0.3) is 0 Å². The lowest BCUT2D eigenvalue weighted by molar-refractivity contribution is 0.417. The van der Waals surface area contributed by atoms with E-state index in [9.17, 15) is 0 Å². The van der Waals surface area contributed by atoms with Crippen molar-refractivity contribution in [2.75, 3.05) is 18.2 Å². The first-order valence-corrected chi connectivity index (χ1v) is 5.39. The van der Waals surface area contributed by atoms with Crippen LogP contribution >= 0.6 is 11.6 Å². The number of benzene rings is 1. The third-order valence-corrected chi connectivity index (χ3v) is 2.44. The highest BCUT2D eigenvalue weighted by atomic mass is 35.5. The van der Waals surface area contributed by atoms with Gasteiger partial charge in [-0.05, 0) is 24.3 Å². The highest BCUT2D eigenvalue weighted by Gasteiger charge is 2.04. The van der Waals surface area contributed by atoms with E-state index < -0.39 is 0 Å². The third kappa shape index (κ3) is 2.79. The van der Waals surface area contributed by atoms with E-state index in [0.717, 1.165) is 5.69 Å². The van der Waals surface area contributed by atoms with Crippen LogP contribution in [0.5, 0.6) is 5.75 Å². The molecule has 2 aromatic rings. The minimum atomic E-state index is 0.622. The molecule has 0 fully saturated rings. The molecule has 4 nitrogen and oxygen atoms in total. The van der Waals surface area contributed by atoms with Crippen molar-refractivity contribution in [1.29, 1.82) is 0 Å². The first-order chi connectivity index (χ1) is 8.19. The van der Waals surface area contributed by atoms with Gasteiger partial charge < -0.3 is 15.8 Å². The van der Waals surface area contributed by atoms with Crippen LogP contribution < -0.4 is 15.8 Å². The molecule has 1 aromatic carbocycles. The number of nitrogens with one attached hydrogen (secondary N) is 1. The molecule has 0 saturated carbocycles. The highest BCUT2D eigenvalue weighted by Crippen LogP contribution is 2.30. The van der Waals surface area contributed by atoms with Crippen molar-refractivity contribution in [1.82, 2.24) is 4.98 Å². The Morgan fingerprint density at radius 1 is 1.29 bits per heavy atom. The number of nitrogens with two attached hydrogens (primary N) is 1. The van der Waals surface area contributed by atoms with E-state index >= 15 is 0 Å². The maximum absolute atomic E-state index is 5.93. The van der Waals surface area contributed by atoms with E-state index in [-0.39, 0.29) is 0 Å². The summed E-state index contributed by atoms with van der Waals surface area (Å²) < 4.78 is 5.22. The third-order valence-electron chi connectivity index (χ3n) is 2.21. The summed E-state index contributed by atoms with van der Waals surface area (Å²) >= 11 is 5.93. The number of nitrogens with zero attached hydrogens (tertiary/aromatic N) is 1. The average Bonchev–Trinajstić information content (AvgIpc) is 2.29. The largest absolute Gasteiger partial charge is 0.495 e. The van der Waals surface area contributed by atoms with Crippen molar-refractivity contribution >= 4 is 28.8 Å². The van der Waals surface area contributed by atoms with Crippen LogP contribution in [0.15, 0.2) is 36.5 Å². The molecule has 0 radical (unpaired) electrons. The number of methoxy groups -OCH3 is 1. The molecule has 0 unspecified atom stereocenters. The Hall–Kier alpha value is -1.94. The molecule has 1 heterocycles. The minimum Gasteiger partial charge on any atom is -0.495 e. The number of halogens is 1. The first-order valence-electron chi connectivity index (χ1n) is 5.01. The van der Waals surface area contributed by atoms with Gasteiger partial charge in [-0.25, -0.2) is 4.98 Å². The SMILES string of the molecule is COc1ccc(Cl)cc1Nc1cc(N)ccn1. The Kier molecular flexibility index (Phi) is 3.35. The highest BCUT2D eigenvalue weighted by molar-refractivity contribution is 6.31. The van der Waals surface area contributed by atoms with Crippen LogP contribution in [0.2, 0.25) is 5.02 Å². The summed E-state index contributed by atoms with van der Waals surface area (Å²) in [6.45, 7) is 0. The number of hydrogen-bond acceptors (Lipinski definition) is 4. The number of nitrogen functional groups attached to an aromatic ring is 1. The molecule has 5 heteroatoms. The summed E-state index contributed by atoms with van der Waals surface area (Å²) in [5.41, 5.74) is 7.07. The van der Waals surface area contributed by atoms with Crippen LogP contribution in [0.4, 0.5) is 17.2 Å². The van der Waals surface area contributed by atoms with Crippen molar-refractivity contribution in [3.05, 3.63) is 41.6 Å². The van der Waals surface area contributed by atoms with Crippen LogP contribution in [-0.4, -0.2) is 12.1 Å². The number of pyridine rings is 1. The smallest absolute Gasteiger partial charge is 0.142 e. The molecule has 2 rings (SSSR count). The predicted octanol–water partition coefficient (Wildman–Crippen LogP) is 3.07. The van der Waals surface area contributed by atoms with Crippen LogP contribution in [-0.2, 0) is 0 Å². The second kappa shape index (κ2) is 4.93. The number of rotatable bonds is 3. The lowest BCUT2D eigenvalue weighted by Gasteiger charge is -2.11. The van der Waals surface area contributed by atoms with E-state index in [4.69, 9.17) is 22.1 Å². The molecule has 0 saturated heterocycles. The van der Waals surface area contributed by atoms with Gasteiger partial charge in [-0.2, -0.15) is 0 Å². The zero-order valence-corrected chi connectivity index (χ0v) is 10.0. The zero-order valence-electron chi connectivity index (χ0n) is 9.27. The van der Waals surface area contributed by atoms with Gasteiger partial charge >= 0.3 is 0 Å². The average molecular weight is 250 g/mol. The quantitative estimate of drug-likeness (QED) is 0.878. The standard InChI is InChI=1S/C12H12ClN3O/c1-17-11-3-2-8(13)6-10(11)16-12-7-9(14)4-5-15-12/h2-7H,1H3,(H3,14,15,16). The number of ether oxygens (including phenoxy) is 1. The van der Waals surface area contributed by atoms with Crippen molar-refractivity contribution in [2.24, 2.45) is 0 Å². The van der Waals surface area contributed by atoms with Crippen LogP contribution in [0.3, 0.4) is 0 Å². The van der Waals surface area contributed by atoms with Gasteiger partial charge in [-0.1, -0.05) is 11.6 Å². The fourth-order valence-corrected chi connectivity index (χ4v) is 1.60. The van der Waals surface area contributed by atoms with Crippen LogP contribution in [0, 0.1) is 0 Å². The molecule has 0 spiro atoms. The lowest BCUT2D eigenvalue weighted by atomic mass is 10.3. The van der Waals surface area contributed by atoms with Crippen molar-refractivity contribution in [3.8, 4) is 5.75 Å². The molecular weight excluding hydrogens is 238 g/mol. The van der Waals surface area contributed by atoms with E-state index in [1.807, 2.05) is 0 Å². The van der Waals surface area contributed by atoms with E-state index in [1.54, 1.807) is 43.6 Å². The Morgan fingerprint density at radius 3 is 2.82 bits per heavy atom. The fourth-order valence-electron chi connectivity index (χ4n) is 1.43. The predicted molar refractivity (Wildman–Crippen MR) is 69.9 cm³/mol. The Morgan fingerprint density at radius 2 is 2.12 bits per heavy atom. The van der Waals surface area contributed by atoms with Crippen molar-refractivity contribution < 1.29 is 4.74 Å². The summed E-state index contributed by atoms with van der Waals surface area (Å²) in [6.07, 6.45) is 1.63. The summed E-state index contributed by atoms with van der Waals surface area (Å²) in [5, 5.41) is 3.73. The molecule has 3 N–H and O–H groups in total. The van der Waals surface area contributed by atoms with Crippen molar-refractivity contribution in [3.63, 3.8) is 0 Å². The maximum atomic E-state index is 5.93. The monoisotopic (exact) mass is 249 g/mol. The van der Waals surface area contributed by atoms with E-state index in [1.165, 1.54) is 0 Å². The second-order valence-corrected chi connectivity index (χ2v) is 3.88. The van der Waals surface area contributed by atoms with Crippen molar-refractivity contribution in [2.45, 2.75) is 0 Å². The Bertz CT molecular complexity index is 531. The summed E-state index contributed by atoms with van der Waals surface area (Å²) in [5.74, 6) is 1.34. The number of anilines is 3. The summed E-state index contributed by atoms with van der Waals surface area (Å²) in [7, 11) is 1.60. The van der Waals surface area contributed by atoms with Gasteiger partial charge in [-0.15, -0.1) is 0 Å². The second-order valence-electron chi connectivity index (χ2n) is 3.44. The molecular formula is C12H12ClN3O. The molecule has 0 amide bonds. The number of aromatic nitrogens is 1. The molecule has 0 atom stereocenters. The van der Waals surface area contributed by atoms with Gasteiger partial charge in [0.2, 0.25) is 0 Å². The lowest BCUT2D eigenvalue weighted by Crippen LogP contribution is -1.97. The molecule has 17 heavy (non-hydrogen) atoms.